The molecule has 9 nitrogen and oxygen atoms in total. The number of para-hydroxylation sites is 1. The Morgan fingerprint density at radius 1 is 1.00 bits per heavy atom. The monoisotopic (exact) mass is 598 g/mol. The van der Waals surface area contributed by atoms with Crippen molar-refractivity contribution in [2.24, 2.45) is 0 Å². The van der Waals surface area contributed by atoms with Crippen LogP contribution >= 0.6 is 11.6 Å². The lowest BCUT2D eigenvalue weighted by Gasteiger charge is -2.41. The standard InChI is InChI=1S/C30H39ClN6O3S/c1-36-14-12-24(13-15-36)37-16-10-21(11-17-37)22-8-9-27(28(18-22)40-2)34-30-32-19-25(31)29(35-30)33-26-7-5-4-6-23(26)20-41(3,38)39/h4-9,18-19,21,24H,10-17,20H2,1-3H3,(H2,32,33,34,35). The van der Waals surface area contributed by atoms with Crippen LogP contribution in [-0.2, 0) is 15.6 Å². The SMILES string of the molecule is COc1cc(C2CCN(C3CCN(C)CC3)CC2)ccc1Nc1ncc(Cl)c(Nc2ccccc2CS(C)(=O)=O)n1. The molecule has 2 fully saturated rings. The molecule has 0 aliphatic carbocycles. The molecule has 220 valence electrons. The molecule has 2 aliphatic rings. The molecule has 0 atom stereocenters. The van der Waals surface area contributed by atoms with Crippen LogP contribution < -0.4 is 15.4 Å². The molecule has 5 rings (SSSR count). The van der Waals surface area contributed by atoms with E-state index in [1.165, 1.54) is 43.9 Å². The molecule has 3 heterocycles. The first-order valence-corrected chi connectivity index (χ1v) is 16.5. The van der Waals surface area contributed by atoms with Crippen molar-refractivity contribution in [1.29, 1.82) is 0 Å². The Balaban J connectivity index is 1.26. The summed E-state index contributed by atoms with van der Waals surface area (Å²) in [6.45, 7) is 4.68. The number of aromatic nitrogens is 2. The molecule has 2 saturated heterocycles. The van der Waals surface area contributed by atoms with E-state index in [-0.39, 0.29) is 5.75 Å². The first-order valence-electron chi connectivity index (χ1n) is 14.1. The Morgan fingerprint density at radius 3 is 2.44 bits per heavy atom. The summed E-state index contributed by atoms with van der Waals surface area (Å²) >= 11 is 6.40. The molecule has 0 bridgehead atoms. The minimum absolute atomic E-state index is 0.0925. The number of benzene rings is 2. The quantitative estimate of drug-likeness (QED) is 0.333. The van der Waals surface area contributed by atoms with Gasteiger partial charge in [0.25, 0.3) is 0 Å². The van der Waals surface area contributed by atoms with E-state index in [0.717, 1.165) is 43.4 Å². The van der Waals surface area contributed by atoms with Crippen LogP contribution in [0.1, 0.15) is 42.7 Å². The molecule has 41 heavy (non-hydrogen) atoms. The molecule has 0 unspecified atom stereocenters. The highest BCUT2D eigenvalue weighted by Crippen LogP contribution is 2.36. The van der Waals surface area contributed by atoms with Crippen LogP contribution in [0.3, 0.4) is 0 Å². The lowest BCUT2D eigenvalue weighted by molar-refractivity contribution is 0.0966. The number of ether oxygens (including phenoxy) is 1. The number of hydrogen-bond acceptors (Lipinski definition) is 9. The molecule has 3 aromatic rings. The molecular formula is C30H39ClN6O3S. The fourth-order valence-electron chi connectivity index (χ4n) is 5.84. The van der Waals surface area contributed by atoms with E-state index in [9.17, 15) is 8.42 Å². The maximum Gasteiger partial charge on any atom is 0.229 e. The van der Waals surface area contributed by atoms with E-state index in [2.05, 4.69) is 49.6 Å². The highest BCUT2D eigenvalue weighted by atomic mass is 35.5. The topological polar surface area (TPSA) is 99.7 Å². The van der Waals surface area contributed by atoms with Crippen LogP contribution in [0.15, 0.2) is 48.7 Å². The minimum Gasteiger partial charge on any atom is -0.495 e. The molecule has 0 saturated carbocycles. The van der Waals surface area contributed by atoms with Crippen LogP contribution in [0.5, 0.6) is 5.75 Å². The van der Waals surface area contributed by atoms with Gasteiger partial charge in [0.15, 0.2) is 15.7 Å². The lowest BCUT2D eigenvalue weighted by Crippen LogP contribution is -2.46. The van der Waals surface area contributed by atoms with Gasteiger partial charge in [-0.15, -0.1) is 0 Å². The van der Waals surface area contributed by atoms with Crippen LogP contribution in [0.4, 0.5) is 23.1 Å². The van der Waals surface area contributed by atoms with Gasteiger partial charge in [-0.1, -0.05) is 35.9 Å². The van der Waals surface area contributed by atoms with Crippen molar-refractivity contribution in [1.82, 2.24) is 19.8 Å². The minimum atomic E-state index is -3.22. The summed E-state index contributed by atoms with van der Waals surface area (Å²) in [5, 5.41) is 6.75. The number of piperidine rings is 2. The zero-order valence-corrected chi connectivity index (χ0v) is 25.5. The zero-order valence-electron chi connectivity index (χ0n) is 23.9. The number of nitrogens with one attached hydrogen (secondary N) is 2. The van der Waals surface area contributed by atoms with E-state index in [0.29, 0.717) is 34.0 Å². The van der Waals surface area contributed by atoms with Crippen LogP contribution in [0.25, 0.3) is 0 Å². The molecule has 2 aromatic carbocycles. The number of methoxy groups -OCH3 is 1. The van der Waals surface area contributed by atoms with E-state index in [1.54, 1.807) is 25.3 Å². The van der Waals surface area contributed by atoms with Gasteiger partial charge >= 0.3 is 0 Å². The first-order chi connectivity index (χ1) is 19.7. The second kappa shape index (κ2) is 12.9. The number of sulfone groups is 1. The van der Waals surface area contributed by atoms with Gasteiger partial charge in [-0.2, -0.15) is 4.98 Å². The van der Waals surface area contributed by atoms with Gasteiger partial charge in [0.2, 0.25) is 5.95 Å². The summed E-state index contributed by atoms with van der Waals surface area (Å²) < 4.78 is 29.6. The average Bonchev–Trinajstić information content (AvgIpc) is 2.96. The molecule has 1 aromatic heterocycles. The number of hydrogen-bond donors (Lipinski definition) is 2. The lowest BCUT2D eigenvalue weighted by atomic mass is 9.87. The number of likely N-dealkylation sites (tertiary alicyclic amines) is 2. The maximum atomic E-state index is 11.9. The zero-order chi connectivity index (χ0) is 29.0. The van der Waals surface area contributed by atoms with E-state index >= 15 is 0 Å². The third-order valence-electron chi connectivity index (χ3n) is 8.11. The van der Waals surface area contributed by atoms with Crippen molar-refractivity contribution in [3.63, 3.8) is 0 Å². The number of anilines is 4. The second-order valence-corrected chi connectivity index (χ2v) is 13.7. The van der Waals surface area contributed by atoms with Crippen molar-refractivity contribution >= 4 is 44.6 Å². The molecular weight excluding hydrogens is 560 g/mol. The van der Waals surface area contributed by atoms with Crippen molar-refractivity contribution in [2.75, 3.05) is 57.2 Å². The van der Waals surface area contributed by atoms with Gasteiger partial charge in [-0.25, -0.2) is 13.4 Å². The summed E-state index contributed by atoms with van der Waals surface area (Å²) in [5.74, 6) is 1.86. The van der Waals surface area contributed by atoms with Crippen LogP contribution in [0, 0.1) is 0 Å². The Labute approximate surface area is 248 Å². The maximum absolute atomic E-state index is 11.9. The number of halogens is 1. The average molecular weight is 599 g/mol. The van der Waals surface area contributed by atoms with Gasteiger partial charge in [0.05, 0.1) is 24.7 Å². The fraction of sp³-hybridized carbons (Fsp3) is 0.467. The van der Waals surface area contributed by atoms with Crippen LogP contribution in [-0.4, -0.2) is 80.8 Å². The number of rotatable bonds is 9. The van der Waals surface area contributed by atoms with E-state index in [4.69, 9.17) is 16.3 Å². The molecule has 11 heteroatoms. The number of nitrogens with zero attached hydrogens (tertiary/aromatic N) is 4. The smallest absolute Gasteiger partial charge is 0.229 e. The molecule has 2 N–H and O–H groups in total. The molecule has 0 spiro atoms. The fourth-order valence-corrected chi connectivity index (χ4v) is 6.79. The summed E-state index contributed by atoms with van der Waals surface area (Å²) in [5.41, 5.74) is 3.30. The van der Waals surface area contributed by atoms with Gasteiger partial charge < -0.3 is 25.2 Å². The van der Waals surface area contributed by atoms with Crippen molar-refractivity contribution in [3.8, 4) is 5.75 Å². The summed E-state index contributed by atoms with van der Waals surface area (Å²) in [6.07, 6.45) is 7.56. The Bertz CT molecular complexity index is 1450. The molecule has 2 aliphatic heterocycles. The second-order valence-electron chi connectivity index (χ2n) is 11.2. The molecule has 0 amide bonds. The van der Waals surface area contributed by atoms with Gasteiger partial charge in [0.1, 0.15) is 10.8 Å². The Hall–Kier alpha value is -2.92. The normalized spacial score (nSPS) is 17.9. The first kappa shape index (κ1) is 29.6. The van der Waals surface area contributed by atoms with Crippen LogP contribution in [0.2, 0.25) is 5.02 Å². The van der Waals surface area contributed by atoms with Gasteiger partial charge in [0, 0.05) is 18.0 Å². The predicted octanol–water partition coefficient (Wildman–Crippen LogP) is 5.44. The third-order valence-corrected chi connectivity index (χ3v) is 9.22. The molecule has 0 radical (unpaired) electrons. The summed E-state index contributed by atoms with van der Waals surface area (Å²) in [6, 6.07) is 14.2. The van der Waals surface area contributed by atoms with E-state index in [1.807, 2.05) is 12.1 Å². The summed E-state index contributed by atoms with van der Waals surface area (Å²) in [4.78, 5) is 14.0. The summed E-state index contributed by atoms with van der Waals surface area (Å²) in [7, 11) is 0.667. The third kappa shape index (κ3) is 7.68. The van der Waals surface area contributed by atoms with E-state index < -0.39 is 9.84 Å². The largest absolute Gasteiger partial charge is 0.495 e. The van der Waals surface area contributed by atoms with Gasteiger partial charge in [-0.3, -0.25) is 0 Å². The highest BCUT2D eigenvalue weighted by Gasteiger charge is 2.28. The van der Waals surface area contributed by atoms with Crippen molar-refractivity contribution < 1.29 is 13.2 Å². The van der Waals surface area contributed by atoms with Crippen molar-refractivity contribution in [2.45, 2.75) is 43.4 Å². The predicted molar refractivity (Wildman–Crippen MR) is 166 cm³/mol. The highest BCUT2D eigenvalue weighted by molar-refractivity contribution is 7.89. The van der Waals surface area contributed by atoms with Gasteiger partial charge in [-0.05, 0) is 94.2 Å². The Kier molecular flexibility index (Phi) is 9.33. The Morgan fingerprint density at radius 2 is 1.73 bits per heavy atom. The van der Waals surface area contributed by atoms with Crippen molar-refractivity contribution in [3.05, 3.63) is 64.8 Å².